The van der Waals surface area contributed by atoms with Crippen LogP contribution in [-0.2, 0) is 32.0 Å². The quantitative estimate of drug-likeness (QED) is 0.119. The van der Waals surface area contributed by atoms with Crippen molar-refractivity contribution in [2.75, 3.05) is 11.5 Å². The number of rotatable bonds is 9. The summed E-state index contributed by atoms with van der Waals surface area (Å²) >= 11 is 10.6. The summed E-state index contributed by atoms with van der Waals surface area (Å²) in [4.78, 5) is 58.4. The second-order valence-electron chi connectivity index (χ2n) is 7.28. The lowest BCUT2D eigenvalue weighted by Gasteiger charge is -2.49. The van der Waals surface area contributed by atoms with Gasteiger partial charge in [0.2, 0.25) is 5.91 Å². The summed E-state index contributed by atoms with van der Waals surface area (Å²) < 4.78 is 0.737. The van der Waals surface area contributed by atoms with Gasteiger partial charge in [-0.15, -0.1) is 23.1 Å². The molecule has 1 saturated heterocycles. The summed E-state index contributed by atoms with van der Waals surface area (Å²) in [6.07, 6.45) is -0.254. The minimum Gasteiger partial charge on any atom is -0.477 e. The number of β-lactam (4-membered cyclic amide) rings is 1. The van der Waals surface area contributed by atoms with Gasteiger partial charge in [-0.1, -0.05) is 39.9 Å². The highest BCUT2D eigenvalue weighted by atomic mass is 35.5. The molecule has 0 aliphatic carbocycles. The number of primary amides is 1. The van der Waals surface area contributed by atoms with Crippen molar-refractivity contribution in [2.45, 2.75) is 28.6 Å². The van der Waals surface area contributed by atoms with Crippen molar-refractivity contribution < 1.29 is 29.5 Å². The molecule has 36 heavy (non-hydrogen) atoms. The topological polar surface area (TPSA) is 214 Å². The molecule has 4 rings (SSSR count). The molecule has 2 aliphatic rings. The molecule has 18 heteroatoms. The van der Waals surface area contributed by atoms with Crippen molar-refractivity contribution in [2.24, 2.45) is 10.9 Å². The Bertz CT molecular complexity index is 1320. The molecule has 4 heterocycles. The lowest BCUT2D eigenvalue weighted by atomic mass is 10.0. The fraction of sp³-hybridized carbons (Fsp3) is 0.278. The predicted octanol–water partition coefficient (Wildman–Crippen LogP) is 0.724. The van der Waals surface area contributed by atoms with Gasteiger partial charge in [-0.25, -0.2) is 14.8 Å². The maximum atomic E-state index is 12.9. The molecule has 2 aliphatic heterocycles. The number of nitrogens with two attached hydrogens (primary N) is 2. The van der Waals surface area contributed by atoms with E-state index in [-0.39, 0.29) is 45.2 Å². The first kappa shape index (κ1) is 26.2. The summed E-state index contributed by atoms with van der Waals surface area (Å²) in [5, 5.41) is 25.8. The molecule has 0 aromatic carbocycles. The first-order chi connectivity index (χ1) is 17.1. The zero-order valence-electron chi connectivity index (χ0n) is 17.8. The van der Waals surface area contributed by atoms with Crippen LogP contribution in [-0.4, -0.2) is 71.8 Å². The summed E-state index contributed by atoms with van der Waals surface area (Å²) in [6.45, 7) is 0. The molecule has 1 fully saturated rings. The maximum absolute atomic E-state index is 12.9. The summed E-state index contributed by atoms with van der Waals surface area (Å²) in [5.74, 6) is -3.05. The number of aromatic nitrogens is 2. The molecular formula is C18H16ClN7O6S4. The number of carbonyl (C=O) groups excluding carboxylic acids is 3. The third-order valence-electron chi connectivity index (χ3n) is 4.90. The number of nitrogen functional groups attached to an aromatic ring is 1. The number of carboxylic acid groups (broad SMARTS) is 1. The number of thioether (sulfide) groups is 2. The number of oxime groups is 1. The van der Waals surface area contributed by atoms with Crippen LogP contribution in [0.1, 0.15) is 11.4 Å². The van der Waals surface area contributed by atoms with Crippen molar-refractivity contribution >= 4 is 92.3 Å². The Hall–Kier alpha value is -2.86. The molecule has 3 amide bonds. The van der Waals surface area contributed by atoms with Gasteiger partial charge in [0.1, 0.15) is 21.4 Å². The SMILES string of the molecule is NC(=O)Cc1csc(SC2=C(C(=O)O)N3C(=O)[C@@H](NC(=O)/C(Cc4nc(N)sc4Cl)=N\O)[C@H]3SC2)n1. The second-order valence-corrected chi connectivity index (χ2v) is 12.2. The Morgan fingerprint density at radius 3 is 2.69 bits per heavy atom. The van der Waals surface area contributed by atoms with Crippen LogP contribution >= 0.6 is 57.8 Å². The number of hydrogen-bond donors (Lipinski definition) is 5. The number of halogens is 1. The third kappa shape index (κ3) is 5.29. The number of aliphatic carboxylic acids is 1. The Morgan fingerprint density at radius 1 is 1.33 bits per heavy atom. The molecule has 2 atom stereocenters. The van der Waals surface area contributed by atoms with Gasteiger partial charge in [0.15, 0.2) is 15.2 Å². The van der Waals surface area contributed by atoms with Gasteiger partial charge in [-0.2, -0.15) is 0 Å². The van der Waals surface area contributed by atoms with E-state index >= 15 is 0 Å². The smallest absolute Gasteiger partial charge is 0.353 e. The Balaban J connectivity index is 1.46. The maximum Gasteiger partial charge on any atom is 0.353 e. The Morgan fingerprint density at radius 2 is 2.08 bits per heavy atom. The molecule has 2 aromatic heterocycles. The normalized spacial score (nSPS) is 19.6. The number of anilines is 1. The summed E-state index contributed by atoms with van der Waals surface area (Å²) in [6, 6.07) is -1.03. The summed E-state index contributed by atoms with van der Waals surface area (Å²) in [5.41, 5.74) is 10.9. The monoisotopic (exact) mass is 589 g/mol. The first-order valence-electron chi connectivity index (χ1n) is 9.83. The minimum absolute atomic E-state index is 0.0358. The van der Waals surface area contributed by atoms with Gasteiger partial charge >= 0.3 is 5.97 Å². The number of carboxylic acids is 1. The average Bonchev–Trinajstić information content (AvgIpc) is 3.38. The van der Waals surface area contributed by atoms with E-state index in [9.17, 15) is 29.5 Å². The van der Waals surface area contributed by atoms with Crippen molar-refractivity contribution in [3.63, 3.8) is 0 Å². The van der Waals surface area contributed by atoms with Crippen LogP contribution in [0.4, 0.5) is 5.13 Å². The first-order valence-corrected chi connectivity index (χ1v) is 13.8. The number of nitrogens with one attached hydrogen (secondary N) is 1. The van der Waals surface area contributed by atoms with E-state index in [1.807, 2.05) is 0 Å². The molecule has 0 spiro atoms. The minimum atomic E-state index is -1.30. The fourth-order valence-electron chi connectivity index (χ4n) is 3.37. The van der Waals surface area contributed by atoms with Gasteiger partial charge < -0.3 is 27.1 Å². The average molecular weight is 590 g/mol. The van der Waals surface area contributed by atoms with Crippen LogP contribution < -0.4 is 16.8 Å². The standard InChI is InChI=1S/C18H16ClN7O6S4/c19-12-6(23-17(21)36-12)2-7(25-32)13(28)24-10-14(29)26-11(16(30)31)8(4-33-15(10)26)35-18-22-5(3-34-18)1-9(20)27/h3,10,15,32H,1-2,4H2,(H2,20,27)(H2,21,23)(H,24,28)(H,30,31)/b25-7-/t10-,15-/m1/s1. The zero-order chi connectivity index (χ0) is 26.1. The largest absolute Gasteiger partial charge is 0.477 e. The number of fused-ring (bicyclic) bond motifs is 1. The molecule has 13 nitrogen and oxygen atoms in total. The van der Waals surface area contributed by atoms with Crippen LogP contribution in [0.25, 0.3) is 0 Å². The van der Waals surface area contributed by atoms with Gasteiger partial charge in [0.05, 0.1) is 17.8 Å². The van der Waals surface area contributed by atoms with E-state index < -0.39 is 35.1 Å². The zero-order valence-corrected chi connectivity index (χ0v) is 21.9. The summed E-state index contributed by atoms with van der Waals surface area (Å²) in [7, 11) is 0. The third-order valence-corrected chi connectivity index (χ3v) is 9.60. The Kier molecular flexibility index (Phi) is 7.74. The fourth-order valence-corrected chi connectivity index (χ4v) is 7.77. The van der Waals surface area contributed by atoms with Gasteiger partial charge in [0, 0.05) is 22.5 Å². The number of nitrogens with zero attached hydrogens (tertiary/aromatic N) is 4. The molecule has 7 N–H and O–H groups in total. The molecular weight excluding hydrogens is 574 g/mol. The van der Waals surface area contributed by atoms with Crippen molar-refractivity contribution in [1.29, 1.82) is 0 Å². The highest BCUT2D eigenvalue weighted by molar-refractivity contribution is 8.07. The number of carbonyl (C=O) groups is 4. The molecule has 2 aromatic rings. The van der Waals surface area contributed by atoms with E-state index in [2.05, 4.69) is 20.4 Å². The lowest BCUT2D eigenvalue weighted by molar-refractivity contribution is -0.150. The van der Waals surface area contributed by atoms with Crippen molar-refractivity contribution in [1.82, 2.24) is 20.2 Å². The highest BCUT2D eigenvalue weighted by Gasteiger charge is 2.54. The molecule has 0 radical (unpaired) electrons. The van der Waals surface area contributed by atoms with Crippen LogP contribution in [0, 0.1) is 0 Å². The number of amides is 3. The molecule has 0 bridgehead atoms. The van der Waals surface area contributed by atoms with E-state index in [0.717, 1.165) is 28.0 Å². The molecule has 0 saturated carbocycles. The van der Waals surface area contributed by atoms with Crippen LogP contribution in [0.3, 0.4) is 0 Å². The lowest BCUT2D eigenvalue weighted by Crippen LogP contribution is -2.71. The number of hydrogen-bond acceptors (Lipinski definition) is 13. The second kappa shape index (κ2) is 10.6. The van der Waals surface area contributed by atoms with Crippen molar-refractivity contribution in [3.05, 3.63) is 31.7 Å². The van der Waals surface area contributed by atoms with E-state index in [0.29, 0.717) is 14.9 Å². The van der Waals surface area contributed by atoms with E-state index in [4.69, 9.17) is 23.1 Å². The van der Waals surface area contributed by atoms with Crippen LogP contribution in [0.5, 0.6) is 0 Å². The Labute approximate surface area is 224 Å². The van der Waals surface area contributed by atoms with Crippen molar-refractivity contribution in [3.8, 4) is 0 Å². The molecule has 190 valence electrons. The molecule has 0 unspecified atom stereocenters. The van der Waals surface area contributed by atoms with E-state index in [1.54, 1.807) is 5.38 Å². The number of thiazole rings is 2. The predicted molar refractivity (Wildman–Crippen MR) is 135 cm³/mol. The highest BCUT2D eigenvalue weighted by Crippen LogP contribution is 2.45. The van der Waals surface area contributed by atoms with Gasteiger partial charge in [0.25, 0.3) is 11.8 Å². The van der Waals surface area contributed by atoms with Gasteiger partial charge in [-0.05, 0) is 0 Å². The van der Waals surface area contributed by atoms with E-state index in [1.165, 1.54) is 23.1 Å². The van der Waals surface area contributed by atoms with Crippen LogP contribution in [0.15, 0.2) is 25.5 Å². The van der Waals surface area contributed by atoms with Gasteiger partial charge in [-0.3, -0.25) is 19.3 Å². The van der Waals surface area contributed by atoms with Crippen LogP contribution in [0.2, 0.25) is 4.34 Å².